The van der Waals surface area contributed by atoms with Gasteiger partial charge in [-0.2, -0.15) is 13.2 Å². The Morgan fingerprint density at radius 2 is 1.24 bits per heavy atom. The van der Waals surface area contributed by atoms with E-state index in [1.807, 2.05) is 31.2 Å². The summed E-state index contributed by atoms with van der Waals surface area (Å²) in [5.41, 5.74) is 2.56. The van der Waals surface area contributed by atoms with Gasteiger partial charge in [0.25, 0.3) is 0 Å². The average molecular weight is 351 g/mol. The third-order valence-electron chi connectivity index (χ3n) is 4.14. The number of rotatable bonds is 4. The number of alkyl halides is 3. The van der Waals surface area contributed by atoms with Gasteiger partial charge < -0.3 is 5.32 Å². The smallest absolute Gasteiger partial charge is 0.312 e. The Morgan fingerprint density at radius 3 is 1.56 bits per heavy atom. The lowest BCUT2D eigenvalue weighted by Crippen LogP contribution is -2.37. The second kappa shape index (κ2) is 9.04. The molecule has 0 saturated carbocycles. The van der Waals surface area contributed by atoms with Gasteiger partial charge in [0.15, 0.2) is 0 Å². The molecular formula is C21H28F3N. The maximum absolute atomic E-state index is 12.4. The van der Waals surface area contributed by atoms with Crippen LogP contribution < -0.4 is 5.32 Å². The van der Waals surface area contributed by atoms with E-state index in [2.05, 4.69) is 33.0 Å². The molecule has 1 N–H and O–H groups in total. The summed E-state index contributed by atoms with van der Waals surface area (Å²) in [5.74, 6) is 0. The van der Waals surface area contributed by atoms with Crippen molar-refractivity contribution in [3.63, 3.8) is 0 Å². The Balaban J connectivity index is 0.000000333. The first-order valence-electron chi connectivity index (χ1n) is 8.58. The minimum absolute atomic E-state index is 0.342. The van der Waals surface area contributed by atoms with Gasteiger partial charge >= 0.3 is 6.18 Å². The zero-order valence-corrected chi connectivity index (χ0v) is 15.7. The fourth-order valence-corrected chi connectivity index (χ4v) is 2.20. The quantitative estimate of drug-likeness (QED) is 0.666. The van der Waals surface area contributed by atoms with E-state index in [0.29, 0.717) is 5.54 Å². The molecule has 0 radical (unpaired) electrons. The predicted octanol–water partition coefficient (Wildman–Crippen LogP) is 6.47. The SMILES string of the molecule is CCNC(C)(C)CC.Cc1ccc(-c2ccc(C(F)(F)F)cc2)cc1. The first-order valence-corrected chi connectivity index (χ1v) is 8.58. The van der Waals surface area contributed by atoms with Gasteiger partial charge in [0.1, 0.15) is 0 Å². The lowest BCUT2D eigenvalue weighted by Gasteiger charge is -2.23. The fourth-order valence-electron chi connectivity index (χ4n) is 2.20. The molecule has 2 aromatic rings. The van der Waals surface area contributed by atoms with Crippen molar-refractivity contribution < 1.29 is 13.2 Å². The highest BCUT2D eigenvalue weighted by Crippen LogP contribution is 2.30. The van der Waals surface area contributed by atoms with Crippen LogP contribution in [0.25, 0.3) is 11.1 Å². The van der Waals surface area contributed by atoms with Crippen molar-refractivity contribution in [1.29, 1.82) is 0 Å². The lowest BCUT2D eigenvalue weighted by molar-refractivity contribution is -0.137. The van der Waals surface area contributed by atoms with E-state index < -0.39 is 11.7 Å². The Kier molecular flexibility index (Phi) is 7.68. The van der Waals surface area contributed by atoms with E-state index in [1.165, 1.54) is 18.6 Å². The third kappa shape index (κ3) is 7.30. The van der Waals surface area contributed by atoms with E-state index in [9.17, 15) is 13.2 Å². The summed E-state index contributed by atoms with van der Waals surface area (Å²) in [7, 11) is 0. The second-order valence-electron chi connectivity index (χ2n) is 6.71. The van der Waals surface area contributed by atoms with Crippen LogP contribution in [0.5, 0.6) is 0 Å². The van der Waals surface area contributed by atoms with Crippen LogP contribution >= 0.6 is 0 Å². The molecule has 0 aromatic heterocycles. The van der Waals surface area contributed by atoms with Crippen LogP contribution in [0.4, 0.5) is 13.2 Å². The van der Waals surface area contributed by atoms with Crippen molar-refractivity contribution in [3.05, 3.63) is 59.7 Å². The van der Waals surface area contributed by atoms with Gasteiger partial charge in [-0.15, -0.1) is 0 Å². The van der Waals surface area contributed by atoms with E-state index in [4.69, 9.17) is 0 Å². The molecule has 0 atom stereocenters. The molecule has 0 aliphatic carbocycles. The van der Waals surface area contributed by atoms with Gasteiger partial charge in [0, 0.05) is 5.54 Å². The van der Waals surface area contributed by atoms with Crippen LogP contribution in [-0.2, 0) is 6.18 Å². The molecule has 0 fully saturated rings. The number of aryl methyl sites for hydroxylation is 1. The van der Waals surface area contributed by atoms with Crippen molar-refractivity contribution in [2.75, 3.05) is 6.54 Å². The summed E-state index contributed by atoms with van der Waals surface area (Å²) in [6.45, 7) is 11.8. The Morgan fingerprint density at radius 1 is 0.800 bits per heavy atom. The lowest BCUT2D eigenvalue weighted by atomic mass is 10.0. The van der Waals surface area contributed by atoms with Crippen LogP contribution in [0, 0.1) is 6.92 Å². The van der Waals surface area contributed by atoms with Gasteiger partial charge in [-0.25, -0.2) is 0 Å². The minimum atomic E-state index is -4.27. The standard InChI is InChI=1S/C14H11F3.C7H17N/c1-10-2-4-11(5-3-10)12-6-8-13(9-7-12)14(15,16)17;1-5-7(3,4)8-6-2/h2-9H,1H3;8H,5-6H2,1-4H3. The van der Waals surface area contributed by atoms with Crippen LogP contribution in [0.3, 0.4) is 0 Å². The average Bonchev–Trinajstić information content (AvgIpc) is 2.55. The van der Waals surface area contributed by atoms with E-state index >= 15 is 0 Å². The first kappa shape index (κ1) is 21.2. The maximum atomic E-state index is 12.4. The molecule has 1 nitrogen and oxygen atoms in total. The number of hydrogen-bond donors (Lipinski definition) is 1. The highest BCUT2D eigenvalue weighted by molar-refractivity contribution is 5.64. The molecule has 2 rings (SSSR count). The van der Waals surface area contributed by atoms with Gasteiger partial charge in [-0.3, -0.25) is 0 Å². The van der Waals surface area contributed by atoms with Gasteiger partial charge in [0.2, 0.25) is 0 Å². The number of hydrogen-bond acceptors (Lipinski definition) is 1. The minimum Gasteiger partial charge on any atom is -0.312 e. The highest BCUT2D eigenvalue weighted by atomic mass is 19.4. The Hall–Kier alpha value is -1.81. The molecule has 4 heteroatoms. The van der Waals surface area contributed by atoms with Crippen LogP contribution in [0.2, 0.25) is 0 Å². The molecule has 25 heavy (non-hydrogen) atoms. The molecule has 0 aliphatic rings. The molecule has 0 unspecified atom stereocenters. The summed E-state index contributed by atoms with van der Waals surface area (Å²) < 4.78 is 37.1. The van der Waals surface area contributed by atoms with Crippen molar-refractivity contribution >= 4 is 0 Å². The zero-order chi connectivity index (χ0) is 19.1. The summed E-state index contributed by atoms with van der Waals surface area (Å²) in [5, 5.41) is 3.37. The third-order valence-corrected chi connectivity index (χ3v) is 4.14. The van der Waals surface area contributed by atoms with Crippen molar-refractivity contribution in [3.8, 4) is 11.1 Å². The molecule has 2 aromatic carbocycles. The Labute approximate surface area is 149 Å². The molecular weight excluding hydrogens is 323 g/mol. The van der Waals surface area contributed by atoms with E-state index in [-0.39, 0.29) is 0 Å². The van der Waals surface area contributed by atoms with Crippen LogP contribution in [-0.4, -0.2) is 12.1 Å². The number of benzene rings is 2. The molecule has 0 amide bonds. The fraction of sp³-hybridized carbons (Fsp3) is 0.429. The molecule has 138 valence electrons. The topological polar surface area (TPSA) is 12.0 Å². The molecule has 0 spiro atoms. The number of nitrogens with one attached hydrogen (secondary N) is 1. The van der Waals surface area contributed by atoms with Gasteiger partial charge in [-0.05, 0) is 57.0 Å². The van der Waals surface area contributed by atoms with Gasteiger partial charge in [-0.1, -0.05) is 55.8 Å². The summed E-state index contributed by atoms with van der Waals surface area (Å²) >= 11 is 0. The predicted molar refractivity (Wildman–Crippen MR) is 99.7 cm³/mol. The monoisotopic (exact) mass is 351 g/mol. The summed E-state index contributed by atoms with van der Waals surface area (Å²) in [6, 6.07) is 12.9. The van der Waals surface area contributed by atoms with Gasteiger partial charge in [0.05, 0.1) is 5.56 Å². The van der Waals surface area contributed by atoms with Crippen molar-refractivity contribution in [1.82, 2.24) is 5.32 Å². The maximum Gasteiger partial charge on any atom is 0.416 e. The van der Waals surface area contributed by atoms with Crippen molar-refractivity contribution in [2.24, 2.45) is 0 Å². The van der Waals surface area contributed by atoms with E-state index in [0.717, 1.165) is 35.4 Å². The zero-order valence-electron chi connectivity index (χ0n) is 15.7. The second-order valence-corrected chi connectivity index (χ2v) is 6.71. The first-order chi connectivity index (χ1) is 11.6. The molecule has 0 bridgehead atoms. The van der Waals surface area contributed by atoms with Crippen molar-refractivity contribution in [2.45, 2.75) is 52.8 Å². The summed E-state index contributed by atoms with van der Waals surface area (Å²) in [4.78, 5) is 0. The van der Waals surface area contributed by atoms with Crippen LogP contribution in [0.1, 0.15) is 45.2 Å². The molecule has 0 aliphatic heterocycles. The van der Waals surface area contributed by atoms with Crippen LogP contribution in [0.15, 0.2) is 48.5 Å². The normalized spacial score (nSPS) is 11.7. The summed E-state index contributed by atoms with van der Waals surface area (Å²) in [6.07, 6.45) is -3.08. The molecule has 0 saturated heterocycles. The largest absolute Gasteiger partial charge is 0.416 e. The number of halogens is 3. The van der Waals surface area contributed by atoms with E-state index in [1.54, 1.807) is 0 Å². The molecule has 0 heterocycles. The Bertz CT molecular complexity index is 626. The highest BCUT2D eigenvalue weighted by Gasteiger charge is 2.29.